The Balaban J connectivity index is 1.61. The number of hydrogen-bond acceptors (Lipinski definition) is 5. The number of nitrogens with zero attached hydrogens (tertiary/aromatic N) is 1. The van der Waals surface area contributed by atoms with Gasteiger partial charge in [-0.05, 0) is 38.0 Å². The number of hydrogen-bond donors (Lipinski definition) is 2. The fourth-order valence-electron chi connectivity index (χ4n) is 2.79. The summed E-state index contributed by atoms with van der Waals surface area (Å²) in [4.78, 5) is 12.3. The standard InChI is InChI=1S/C17H20ClN3O3/c1-10-9-15(24-21-10)20-17(22)11(2)19-14-7-8-23-16(14)12-3-5-13(18)6-4-12/h3-6,9,11,14,16,19H,7-8H2,1-2H3,(H,20,22)/t11-,14-,16+/m0/s1. The molecule has 0 saturated carbocycles. The summed E-state index contributed by atoms with van der Waals surface area (Å²) >= 11 is 5.94. The van der Waals surface area contributed by atoms with Gasteiger partial charge < -0.3 is 14.6 Å². The zero-order valence-corrected chi connectivity index (χ0v) is 14.3. The van der Waals surface area contributed by atoms with Gasteiger partial charge in [0.25, 0.3) is 0 Å². The number of nitrogens with one attached hydrogen (secondary N) is 2. The van der Waals surface area contributed by atoms with E-state index in [4.69, 9.17) is 20.9 Å². The van der Waals surface area contributed by atoms with Gasteiger partial charge in [0.05, 0.1) is 17.8 Å². The van der Waals surface area contributed by atoms with Crippen molar-refractivity contribution in [2.45, 2.75) is 38.5 Å². The number of halogens is 1. The van der Waals surface area contributed by atoms with Crippen LogP contribution in [0.1, 0.15) is 30.7 Å². The van der Waals surface area contributed by atoms with Crippen LogP contribution in [-0.4, -0.2) is 29.8 Å². The third kappa shape index (κ3) is 3.95. The molecule has 0 unspecified atom stereocenters. The Bertz CT molecular complexity index is 701. The smallest absolute Gasteiger partial charge is 0.243 e. The second-order valence-corrected chi connectivity index (χ2v) is 6.38. The van der Waals surface area contributed by atoms with Crippen LogP contribution in [0.2, 0.25) is 5.02 Å². The fourth-order valence-corrected chi connectivity index (χ4v) is 2.92. The predicted octanol–water partition coefficient (Wildman–Crippen LogP) is 3.08. The maximum absolute atomic E-state index is 12.3. The van der Waals surface area contributed by atoms with Gasteiger partial charge in [-0.1, -0.05) is 28.9 Å². The predicted molar refractivity (Wildman–Crippen MR) is 91.0 cm³/mol. The van der Waals surface area contributed by atoms with Gasteiger partial charge in [0.1, 0.15) is 0 Å². The quantitative estimate of drug-likeness (QED) is 0.867. The van der Waals surface area contributed by atoms with Gasteiger partial charge in [-0.2, -0.15) is 0 Å². The van der Waals surface area contributed by atoms with Gasteiger partial charge >= 0.3 is 0 Å². The lowest BCUT2D eigenvalue weighted by atomic mass is 10.0. The highest BCUT2D eigenvalue weighted by Gasteiger charge is 2.32. The van der Waals surface area contributed by atoms with E-state index in [0.29, 0.717) is 17.5 Å². The van der Waals surface area contributed by atoms with Crippen molar-refractivity contribution < 1.29 is 14.1 Å². The van der Waals surface area contributed by atoms with Crippen molar-refractivity contribution in [3.8, 4) is 0 Å². The minimum atomic E-state index is -0.392. The molecule has 1 fully saturated rings. The summed E-state index contributed by atoms with van der Waals surface area (Å²) in [6.45, 7) is 4.27. The molecule has 0 radical (unpaired) electrons. The monoisotopic (exact) mass is 349 g/mol. The molecule has 6 nitrogen and oxygen atoms in total. The Labute approximate surface area is 145 Å². The van der Waals surface area contributed by atoms with Crippen LogP contribution in [0.3, 0.4) is 0 Å². The molecule has 3 rings (SSSR count). The minimum Gasteiger partial charge on any atom is -0.372 e. The van der Waals surface area contributed by atoms with E-state index < -0.39 is 6.04 Å². The largest absolute Gasteiger partial charge is 0.372 e. The van der Waals surface area contributed by atoms with Gasteiger partial charge in [-0.3, -0.25) is 10.1 Å². The number of amides is 1. The van der Waals surface area contributed by atoms with Crippen molar-refractivity contribution in [2.75, 3.05) is 11.9 Å². The summed E-state index contributed by atoms with van der Waals surface area (Å²) in [5.41, 5.74) is 1.77. The van der Waals surface area contributed by atoms with E-state index in [2.05, 4.69) is 15.8 Å². The molecule has 3 atom stereocenters. The van der Waals surface area contributed by atoms with Crippen molar-refractivity contribution >= 4 is 23.4 Å². The summed E-state index contributed by atoms with van der Waals surface area (Å²) < 4.78 is 10.8. The normalized spacial score (nSPS) is 21.6. The van der Waals surface area contributed by atoms with Gasteiger partial charge in [-0.15, -0.1) is 0 Å². The highest BCUT2D eigenvalue weighted by Crippen LogP contribution is 2.30. The fraction of sp³-hybridized carbons (Fsp3) is 0.412. The number of rotatable bonds is 5. The summed E-state index contributed by atoms with van der Waals surface area (Å²) in [6, 6.07) is 8.94. The molecule has 1 aromatic heterocycles. The first-order valence-electron chi connectivity index (χ1n) is 7.90. The molecule has 0 bridgehead atoms. The highest BCUT2D eigenvalue weighted by molar-refractivity contribution is 6.30. The second-order valence-electron chi connectivity index (χ2n) is 5.95. The first-order valence-corrected chi connectivity index (χ1v) is 8.28. The van der Waals surface area contributed by atoms with Crippen LogP contribution >= 0.6 is 11.6 Å². The number of carbonyl (C=O) groups is 1. The number of anilines is 1. The Hall–Kier alpha value is -1.89. The third-order valence-corrected chi connectivity index (χ3v) is 4.27. The van der Waals surface area contributed by atoms with E-state index in [1.54, 1.807) is 13.0 Å². The first-order chi connectivity index (χ1) is 11.5. The van der Waals surface area contributed by atoms with E-state index in [-0.39, 0.29) is 18.1 Å². The molecule has 1 aliphatic rings. The van der Waals surface area contributed by atoms with E-state index in [1.165, 1.54) is 0 Å². The van der Waals surface area contributed by atoms with Crippen LogP contribution in [0.25, 0.3) is 0 Å². The van der Waals surface area contributed by atoms with Crippen LogP contribution < -0.4 is 10.6 Å². The Kier molecular flexibility index (Phi) is 5.18. The van der Waals surface area contributed by atoms with Crippen LogP contribution in [0, 0.1) is 6.92 Å². The van der Waals surface area contributed by atoms with Crippen molar-refractivity contribution in [3.05, 3.63) is 46.6 Å². The van der Waals surface area contributed by atoms with Crippen LogP contribution in [0.4, 0.5) is 5.88 Å². The average molecular weight is 350 g/mol. The second kappa shape index (κ2) is 7.34. The summed E-state index contributed by atoms with van der Waals surface area (Å²) in [5, 5.41) is 10.5. The molecule has 0 aliphatic carbocycles. The maximum Gasteiger partial charge on any atom is 0.243 e. The molecule has 24 heavy (non-hydrogen) atoms. The number of aryl methyl sites for hydroxylation is 1. The summed E-state index contributed by atoms with van der Waals surface area (Å²) in [7, 11) is 0. The third-order valence-electron chi connectivity index (χ3n) is 4.02. The first kappa shape index (κ1) is 17.0. The maximum atomic E-state index is 12.3. The number of benzene rings is 1. The zero-order chi connectivity index (χ0) is 17.1. The van der Waals surface area contributed by atoms with Crippen LogP contribution in [0.15, 0.2) is 34.9 Å². The van der Waals surface area contributed by atoms with E-state index in [0.717, 1.165) is 17.7 Å². The molecule has 7 heteroatoms. The Morgan fingerprint density at radius 2 is 2.12 bits per heavy atom. The topological polar surface area (TPSA) is 76.4 Å². The van der Waals surface area contributed by atoms with Gasteiger partial charge in [0.15, 0.2) is 0 Å². The molecule has 2 aromatic rings. The lowest BCUT2D eigenvalue weighted by molar-refractivity contribution is -0.118. The Morgan fingerprint density at radius 3 is 2.79 bits per heavy atom. The summed E-state index contributed by atoms with van der Waals surface area (Å²) in [5.74, 6) is 0.177. The van der Waals surface area contributed by atoms with Crippen molar-refractivity contribution in [1.82, 2.24) is 10.5 Å². The van der Waals surface area contributed by atoms with Crippen molar-refractivity contribution in [1.29, 1.82) is 0 Å². The zero-order valence-electron chi connectivity index (χ0n) is 13.6. The molecular weight excluding hydrogens is 330 g/mol. The van der Waals surface area contributed by atoms with Crippen LogP contribution in [0.5, 0.6) is 0 Å². The molecule has 1 amide bonds. The molecular formula is C17H20ClN3O3. The number of aromatic nitrogens is 1. The SMILES string of the molecule is Cc1cc(NC(=O)[C@H](C)N[C@H]2CCO[C@@H]2c2ccc(Cl)cc2)on1. The van der Waals surface area contributed by atoms with Crippen LogP contribution in [-0.2, 0) is 9.53 Å². The van der Waals surface area contributed by atoms with Gasteiger partial charge in [-0.25, -0.2) is 0 Å². The highest BCUT2D eigenvalue weighted by atomic mass is 35.5. The molecule has 128 valence electrons. The van der Waals surface area contributed by atoms with Crippen molar-refractivity contribution in [2.24, 2.45) is 0 Å². The number of ether oxygens (including phenoxy) is 1. The summed E-state index contributed by atoms with van der Waals surface area (Å²) in [6.07, 6.45) is 0.747. The minimum absolute atomic E-state index is 0.0587. The molecule has 2 N–H and O–H groups in total. The molecule has 1 aliphatic heterocycles. The molecule has 0 spiro atoms. The number of carbonyl (C=O) groups excluding carboxylic acids is 1. The van der Waals surface area contributed by atoms with E-state index in [1.807, 2.05) is 31.2 Å². The van der Waals surface area contributed by atoms with Gasteiger partial charge in [0.2, 0.25) is 11.8 Å². The lowest BCUT2D eigenvalue weighted by Gasteiger charge is -2.23. The molecule has 2 heterocycles. The van der Waals surface area contributed by atoms with E-state index >= 15 is 0 Å². The van der Waals surface area contributed by atoms with E-state index in [9.17, 15) is 4.79 Å². The van der Waals surface area contributed by atoms with Gasteiger partial charge in [0, 0.05) is 23.7 Å². The lowest BCUT2D eigenvalue weighted by Crippen LogP contribution is -2.45. The molecule has 1 aromatic carbocycles. The van der Waals surface area contributed by atoms with Crippen molar-refractivity contribution in [3.63, 3.8) is 0 Å². The Morgan fingerprint density at radius 1 is 1.38 bits per heavy atom. The molecule has 1 saturated heterocycles. The average Bonchev–Trinajstić information content (AvgIpc) is 3.17.